The van der Waals surface area contributed by atoms with Crippen LogP contribution >= 0.6 is 0 Å². The van der Waals surface area contributed by atoms with Gasteiger partial charge in [0.25, 0.3) is 0 Å². The van der Waals surface area contributed by atoms with E-state index < -0.39 is 17.6 Å². The number of halogens is 4. The van der Waals surface area contributed by atoms with Crippen LogP contribution in [-0.4, -0.2) is 37.1 Å². The molecule has 2 amide bonds. The van der Waals surface area contributed by atoms with Crippen molar-refractivity contribution in [2.75, 3.05) is 36.4 Å². The molecule has 1 aliphatic heterocycles. The fourth-order valence-electron chi connectivity index (χ4n) is 2.78. The average molecular weight is 367 g/mol. The smallest absolute Gasteiger partial charge is 0.368 e. The summed E-state index contributed by atoms with van der Waals surface area (Å²) in [6.07, 6.45) is -4.38. The van der Waals surface area contributed by atoms with Gasteiger partial charge in [0.2, 0.25) is 0 Å². The molecule has 138 valence electrons. The summed E-state index contributed by atoms with van der Waals surface area (Å²) < 4.78 is 51.4. The SMILES string of the molecule is O=C(Nc1ccc(F)cc1)N1CCN(c2cccc(C(F)(F)F)c2)CC1. The second-order valence-electron chi connectivity index (χ2n) is 5.96. The Hall–Kier alpha value is -2.77. The Bertz CT molecular complexity index is 769. The van der Waals surface area contributed by atoms with E-state index in [9.17, 15) is 22.4 Å². The highest BCUT2D eigenvalue weighted by Gasteiger charge is 2.31. The van der Waals surface area contributed by atoms with Crippen molar-refractivity contribution in [3.8, 4) is 0 Å². The maximum absolute atomic E-state index is 12.9. The van der Waals surface area contributed by atoms with Crippen molar-refractivity contribution in [3.05, 3.63) is 59.9 Å². The number of anilines is 2. The van der Waals surface area contributed by atoms with E-state index in [1.807, 2.05) is 4.90 Å². The predicted octanol–water partition coefficient (Wildman–Crippen LogP) is 4.20. The minimum Gasteiger partial charge on any atom is -0.368 e. The van der Waals surface area contributed by atoms with Crippen molar-refractivity contribution in [3.63, 3.8) is 0 Å². The molecule has 1 saturated heterocycles. The molecule has 0 radical (unpaired) electrons. The summed E-state index contributed by atoms with van der Waals surface area (Å²) in [5, 5.41) is 2.68. The van der Waals surface area contributed by atoms with Gasteiger partial charge in [-0.05, 0) is 42.5 Å². The standard InChI is InChI=1S/C18H17F4N3O/c19-14-4-6-15(7-5-14)23-17(26)25-10-8-24(9-11-25)16-3-1-2-13(12-16)18(20,21)22/h1-7,12H,8-11H2,(H,23,26). The first-order valence-electron chi connectivity index (χ1n) is 8.06. The van der Waals surface area contributed by atoms with Crippen LogP contribution in [-0.2, 0) is 6.18 Å². The Morgan fingerprint density at radius 2 is 1.62 bits per heavy atom. The van der Waals surface area contributed by atoms with Gasteiger partial charge in [-0.2, -0.15) is 13.2 Å². The molecule has 1 N–H and O–H groups in total. The van der Waals surface area contributed by atoms with Crippen LogP contribution in [0.1, 0.15) is 5.56 Å². The summed E-state index contributed by atoms with van der Waals surface area (Å²) in [7, 11) is 0. The fraction of sp³-hybridized carbons (Fsp3) is 0.278. The Labute approximate surface area is 148 Å². The first-order chi connectivity index (χ1) is 12.3. The molecule has 0 saturated carbocycles. The van der Waals surface area contributed by atoms with Gasteiger partial charge < -0.3 is 15.1 Å². The summed E-state index contributed by atoms with van der Waals surface area (Å²) in [5.74, 6) is -0.391. The van der Waals surface area contributed by atoms with Gasteiger partial charge in [-0.3, -0.25) is 0 Å². The number of hydrogen-bond donors (Lipinski definition) is 1. The van der Waals surface area contributed by atoms with Gasteiger partial charge in [0.15, 0.2) is 0 Å². The van der Waals surface area contributed by atoms with Crippen molar-refractivity contribution in [1.29, 1.82) is 0 Å². The highest BCUT2D eigenvalue weighted by molar-refractivity contribution is 5.89. The molecule has 1 fully saturated rings. The third kappa shape index (κ3) is 4.25. The fourth-order valence-corrected chi connectivity index (χ4v) is 2.78. The summed E-state index contributed by atoms with van der Waals surface area (Å²) in [6, 6.07) is 10.3. The number of piperazine rings is 1. The molecule has 1 aliphatic rings. The van der Waals surface area contributed by atoms with Gasteiger partial charge in [0.1, 0.15) is 5.82 Å². The van der Waals surface area contributed by atoms with E-state index in [4.69, 9.17) is 0 Å². The second kappa shape index (κ2) is 7.23. The van der Waals surface area contributed by atoms with E-state index in [1.165, 1.54) is 30.3 Å². The Kier molecular flexibility index (Phi) is 5.01. The van der Waals surface area contributed by atoms with Crippen LogP contribution in [0.3, 0.4) is 0 Å². The average Bonchev–Trinajstić information content (AvgIpc) is 2.63. The number of alkyl halides is 3. The third-order valence-electron chi connectivity index (χ3n) is 4.20. The van der Waals surface area contributed by atoms with Gasteiger partial charge in [-0.1, -0.05) is 6.07 Å². The van der Waals surface area contributed by atoms with Gasteiger partial charge in [-0.25, -0.2) is 9.18 Å². The summed E-state index contributed by atoms with van der Waals surface area (Å²) >= 11 is 0. The van der Waals surface area contributed by atoms with Gasteiger partial charge >= 0.3 is 12.2 Å². The predicted molar refractivity (Wildman–Crippen MR) is 90.6 cm³/mol. The first kappa shape index (κ1) is 18.0. The number of rotatable bonds is 2. The summed E-state index contributed by atoms with van der Waals surface area (Å²) in [6.45, 7) is 1.61. The van der Waals surface area contributed by atoms with Crippen LogP contribution < -0.4 is 10.2 Å². The lowest BCUT2D eigenvalue weighted by Crippen LogP contribution is -2.50. The van der Waals surface area contributed by atoms with E-state index >= 15 is 0 Å². The highest BCUT2D eigenvalue weighted by atomic mass is 19.4. The minimum absolute atomic E-state index is 0.319. The number of carbonyl (C=O) groups excluding carboxylic acids is 1. The van der Waals surface area contributed by atoms with E-state index in [2.05, 4.69) is 5.32 Å². The Balaban J connectivity index is 1.59. The Morgan fingerprint density at radius 1 is 0.962 bits per heavy atom. The highest BCUT2D eigenvalue weighted by Crippen LogP contribution is 2.31. The normalized spacial score (nSPS) is 15.1. The van der Waals surface area contributed by atoms with Crippen molar-refractivity contribution in [1.82, 2.24) is 4.90 Å². The van der Waals surface area contributed by atoms with Crippen LogP contribution in [0.25, 0.3) is 0 Å². The number of nitrogens with one attached hydrogen (secondary N) is 1. The van der Waals surface area contributed by atoms with E-state index in [1.54, 1.807) is 11.0 Å². The maximum Gasteiger partial charge on any atom is 0.416 e. The molecule has 4 nitrogen and oxygen atoms in total. The molecule has 0 atom stereocenters. The van der Waals surface area contributed by atoms with Crippen LogP contribution in [0, 0.1) is 5.82 Å². The number of nitrogens with zero attached hydrogens (tertiary/aromatic N) is 2. The van der Waals surface area contributed by atoms with Crippen molar-refractivity contribution in [2.45, 2.75) is 6.18 Å². The monoisotopic (exact) mass is 367 g/mol. The molecule has 3 rings (SSSR count). The van der Waals surface area contributed by atoms with Crippen molar-refractivity contribution >= 4 is 17.4 Å². The van der Waals surface area contributed by atoms with Crippen LogP contribution in [0.5, 0.6) is 0 Å². The molecule has 0 aromatic heterocycles. The molecule has 0 spiro atoms. The lowest BCUT2D eigenvalue weighted by atomic mass is 10.1. The summed E-state index contributed by atoms with van der Waals surface area (Å²) in [4.78, 5) is 15.6. The van der Waals surface area contributed by atoms with Crippen LogP contribution in [0.15, 0.2) is 48.5 Å². The van der Waals surface area contributed by atoms with Crippen molar-refractivity contribution < 1.29 is 22.4 Å². The first-order valence-corrected chi connectivity index (χ1v) is 8.06. The van der Waals surface area contributed by atoms with Gasteiger partial charge in [0.05, 0.1) is 5.56 Å². The molecule has 0 bridgehead atoms. The second-order valence-corrected chi connectivity index (χ2v) is 5.96. The number of hydrogen-bond acceptors (Lipinski definition) is 2. The molecular weight excluding hydrogens is 350 g/mol. The Morgan fingerprint density at radius 3 is 2.23 bits per heavy atom. The topological polar surface area (TPSA) is 35.6 Å². The molecule has 8 heteroatoms. The van der Waals surface area contributed by atoms with Crippen molar-refractivity contribution in [2.24, 2.45) is 0 Å². The quantitative estimate of drug-likeness (QED) is 0.808. The molecule has 2 aromatic carbocycles. The third-order valence-corrected chi connectivity index (χ3v) is 4.20. The molecule has 26 heavy (non-hydrogen) atoms. The van der Waals surface area contributed by atoms with E-state index in [0.717, 1.165) is 12.1 Å². The zero-order valence-corrected chi connectivity index (χ0v) is 13.8. The summed E-state index contributed by atoms with van der Waals surface area (Å²) in [5.41, 5.74) is 0.279. The van der Waals surface area contributed by atoms with E-state index in [0.29, 0.717) is 37.6 Å². The lowest BCUT2D eigenvalue weighted by molar-refractivity contribution is -0.137. The molecular formula is C18H17F4N3O. The zero-order valence-electron chi connectivity index (χ0n) is 13.8. The number of urea groups is 1. The number of carbonyl (C=O) groups is 1. The van der Waals surface area contributed by atoms with Crippen LogP contribution in [0.2, 0.25) is 0 Å². The van der Waals surface area contributed by atoms with Gasteiger partial charge in [-0.15, -0.1) is 0 Å². The number of amides is 2. The maximum atomic E-state index is 12.9. The molecule has 0 unspecified atom stereocenters. The van der Waals surface area contributed by atoms with Crippen LogP contribution in [0.4, 0.5) is 33.7 Å². The largest absolute Gasteiger partial charge is 0.416 e. The zero-order chi connectivity index (χ0) is 18.7. The minimum atomic E-state index is -4.38. The van der Waals surface area contributed by atoms with Gasteiger partial charge in [0, 0.05) is 37.6 Å². The molecule has 0 aliphatic carbocycles. The number of benzene rings is 2. The lowest BCUT2D eigenvalue weighted by Gasteiger charge is -2.36. The molecule has 1 heterocycles. The van der Waals surface area contributed by atoms with E-state index in [-0.39, 0.29) is 6.03 Å². The molecule has 2 aromatic rings.